The molecule has 0 unspecified atom stereocenters. The van der Waals surface area contributed by atoms with Crippen molar-refractivity contribution in [2.24, 2.45) is 5.29 Å². The van der Waals surface area contributed by atoms with Crippen molar-refractivity contribution in [2.75, 3.05) is 20.3 Å². The molecule has 0 heterocycles. The van der Waals surface area contributed by atoms with Gasteiger partial charge in [0.25, 0.3) is 0 Å². The lowest BCUT2D eigenvalue weighted by molar-refractivity contribution is -0.129. The van der Waals surface area contributed by atoms with Crippen molar-refractivity contribution in [1.29, 1.82) is 0 Å². The molecule has 0 aromatic rings. The fraction of sp³-hybridized carbons (Fsp3) is 0.800. The van der Waals surface area contributed by atoms with Crippen LogP contribution in [0.3, 0.4) is 0 Å². The van der Waals surface area contributed by atoms with Crippen LogP contribution in [0.15, 0.2) is 5.29 Å². The van der Waals surface area contributed by atoms with Crippen LogP contribution in [0.1, 0.15) is 6.92 Å². The summed E-state index contributed by atoms with van der Waals surface area (Å²) in [4.78, 5) is 20.3. The Bertz CT molecular complexity index is 126. The molecular formula is C5H10N2O3. The van der Waals surface area contributed by atoms with Crippen molar-refractivity contribution in [3.63, 3.8) is 0 Å². The second-order valence-electron chi connectivity index (χ2n) is 1.72. The lowest BCUT2D eigenvalue weighted by Crippen LogP contribution is -2.25. The van der Waals surface area contributed by atoms with Crippen LogP contribution in [0, 0.1) is 4.91 Å². The minimum absolute atomic E-state index is 0.218. The maximum atomic E-state index is 10.5. The smallest absolute Gasteiger partial charge is 0.242 e. The highest BCUT2D eigenvalue weighted by molar-refractivity contribution is 5.72. The van der Waals surface area contributed by atoms with Gasteiger partial charge in [-0.25, -0.2) is 0 Å². The summed E-state index contributed by atoms with van der Waals surface area (Å²) in [6.07, 6.45) is 0. The Balaban J connectivity index is 3.60. The van der Waals surface area contributed by atoms with E-state index in [1.54, 1.807) is 0 Å². The lowest BCUT2D eigenvalue weighted by Gasteiger charge is -2.08. The van der Waals surface area contributed by atoms with Gasteiger partial charge in [0, 0.05) is 14.0 Å². The molecule has 1 amide bonds. The quantitative estimate of drug-likeness (QED) is 0.419. The predicted octanol–water partition coefficient (Wildman–Crippen LogP) is 0.163. The minimum atomic E-state index is -0.368. The molecule has 5 nitrogen and oxygen atoms in total. The molecule has 0 fully saturated rings. The SMILES string of the molecule is COCCN(N=O)C(C)=O. The van der Waals surface area contributed by atoms with E-state index in [2.05, 4.69) is 10.0 Å². The maximum absolute atomic E-state index is 10.5. The fourth-order valence-electron chi connectivity index (χ4n) is 0.434. The van der Waals surface area contributed by atoms with Crippen molar-refractivity contribution in [3.8, 4) is 0 Å². The first-order valence-corrected chi connectivity index (χ1v) is 2.82. The van der Waals surface area contributed by atoms with Crippen molar-refractivity contribution in [1.82, 2.24) is 5.01 Å². The summed E-state index contributed by atoms with van der Waals surface area (Å²) in [5, 5.41) is 3.29. The number of carbonyl (C=O) groups excluding carboxylic acids is 1. The normalized spacial score (nSPS) is 9.00. The summed E-state index contributed by atoms with van der Waals surface area (Å²) >= 11 is 0. The highest BCUT2D eigenvalue weighted by atomic mass is 16.5. The first-order chi connectivity index (χ1) is 4.72. The second-order valence-corrected chi connectivity index (χ2v) is 1.72. The molecule has 0 aliphatic carbocycles. The molecule has 0 bridgehead atoms. The van der Waals surface area contributed by atoms with Crippen molar-refractivity contribution < 1.29 is 9.53 Å². The zero-order valence-electron chi connectivity index (χ0n) is 6.03. The first kappa shape index (κ1) is 9.03. The van der Waals surface area contributed by atoms with Crippen LogP contribution in [-0.4, -0.2) is 31.2 Å². The Hall–Kier alpha value is -0.970. The van der Waals surface area contributed by atoms with E-state index in [4.69, 9.17) is 0 Å². The number of hydrogen-bond acceptors (Lipinski definition) is 4. The average Bonchev–Trinajstić information content (AvgIpc) is 1.89. The van der Waals surface area contributed by atoms with Crippen LogP contribution >= 0.6 is 0 Å². The molecule has 0 aromatic carbocycles. The van der Waals surface area contributed by atoms with Gasteiger partial charge in [-0.2, -0.15) is 5.01 Å². The van der Waals surface area contributed by atoms with Crippen molar-refractivity contribution >= 4 is 5.91 Å². The Labute approximate surface area is 58.9 Å². The number of amides is 1. The summed E-state index contributed by atoms with van der Waals surface area (Å²) in [5.74, 6) is -0.368. The van der Waals surface area contributed by atoms with E-state index in [0.29, 0.717) is 6.61 Å². The number of methoxy groups -OCH3 is 1. The van der Waals surface area contributed by atoms with Gasteiger partial charge in [0.15, 0.2) is 0 Å². The molecule has 0 rings (SSSR count). The molecule has 0 atom stereocenters. The molecule has 0 aliphatic heterocycles. The number of ether oxygens (including phenoxy) is 1. The van der Waals surface area contributed by atoms with Crippen LogP contribution < -0.4 is 0 Å². The zero-order valence-corrected chi connectivity index (χ0v) is 6.03. The molecular weight excluding hydrogens is 136 g/mol. The van der Waals surface area contributed by atoms with Crippen molar-refractivity contribution in [2.45, 2.75) is 6.92 Å². The molecule has 0 saturated heterocycles. The van der Waals surface area contributed by atoms with E-state index in [-0.39, 0.29) is 12.5 Å². The molecule has 0 aliphatic rings. The first-order valence-electron chi connectivity index (χ1n) is 2.82. The van der Waals surface area contributed by atoms with Crippen LogP contribution in [0.25, 0.3) is 0 Å². The van der Waals surface area contributed by atoms with Crippen LogP contribution in [0.4, 0.5) is 0 Å². The van der Waals surface area contributed by atoms with Crippen LogP contribution in [-0.2, 0) is 9.53 Å². The van der Waals surface area contributed by atoms with E-state index in [9.17, 15) is 9.70 Å². The number of rotatable bonds is 4. The monoisotopic (exact) mass is 146 g/mol. The van der Waals surface area contributed by atoms with Gasteiger partial charge in [0.05, 0.1) is 18.4 Å². The summed E-state index contributed by atoms with van der Waals surface area (Å²) in [5.41, 5.74) is 0. The van der Waals surface area contributed by atoms with E-state index in [0.717, 1.165) is 5.01 Å². The fourth-order valence-corrected chi connectivity index (χ4v) is 0.434. The molecule has 0 aromatic heterocycles. The average molecular weight is 146 g/mol. The van der Waals surface area contributed by atoms with Gasteiger partial charge in [-0.15, -0.1) is 4.91 Å². The molecule has 58 valence electrons. The van der Waals surface area contributed by atoms with E-state index < -0.39 is 0 Å². The largest absolute Gasteiger partial charge is 0.383 e. The Morgan fingerprint density at radius 1 is 1.70 bits per heavy atom. The summed E-state index contributed by atoms with van der Waals surface area (Å²) in [7, 11) is 1.49. The highest BCUT2D eigenvalue weighted by Crippen LogP contribution is 1.88. The third-order valence-electron chi connectivity index (χ3n) is 0.969. The number of nitroso groups, excluding NO2 is 1. The predicted molar refractivity (Wildman–Crippen MR) is 35.1 cm³/mol. The molecule has 0 N–H and O–H groups in total. The molecule has 5 heteroatoms. The topological polar surface area (TPSA) is 59.0 Å². The molecule has 0 saturated carbocycles. The molecule has 0 spiro atoms. The number of carbonyl (C=O) groups is 1. The van der Waals surface area contributed by atoms with Crippen LogP contribution in [0.5, 0.6) is 0 Å². The molecule has 0 radical (unpaired) electrons. The van der Waals surface area contributed by atoms with Gasteiger partial charge in [0.1, 0.15) is 0 Å². The standard InChI is InChI=1S/C5H10N2O3/c1-5(8)7(6-9)3-4-10-2/h3-4H2,1-2H3. The molecule has 10 heavy (non-hydrogen) atoms. The van der Waals surface area contributed by atoms with E-state index >= 15 is 0 Å². The summed E-state index contributed by atoms with van der Waals surface area (Å²) < 4.78 is 4.63. The third-order valence-corrected chi connectivity index (χ3v) is 0.969. The van der Waals surface area contributed by atoms with E-state index in [1.807, 2.05) is 0 Å². The highest BCUT2D eigenvalue weighted by Gasteiger charge is 2.06. The van der Waals surface area contributed by atoms with Gasteiger partial charge >= 0.3 is 0 Å². The number of hydrogen-bond donors (Lipinski definition) is 0. The van der Waals surface area contributed by atoms with Crippen LogP contribution in [0.2, 0.25) is 0 Å². The Morgan fingerprint density at radius 2 is 2.30 bits per heavy atom. The van der Waals surface area contributed by atoms with Gasteiger partial charge < -0.3 is 4.74 Å². The minimum Gasteiger partial charge on any atom is -0.383 e. The second kappa shape index (κ2) is 4.87. The van der Waals surface area contributed by atoms with Gasteiger partial charge in [-0.05, 0) is 0 Å². The number of nitrogens with zero attached hydrogens (tertiary/aromatic N) is 2. The summed E-state index contributed by atoms with van der Waals surface area (Å²) in [6.45, 7) is 1.82. The maximum Gasteiger partial charge on any atom is 0.242 e. The Morgan fingerprint density at radius 3 is 2.60 bits per heavy atom. The summed E-state index contributed by atoms with van der Waals surface area (Å²) in [6, 6.07) is 0. The van der Waals surface area contributed by atoms with Gasteiger partial charge in [-0.1, -0.05) is 0 Å². The Kier molecular flexibility index (Phi) is 4.39. The van der Waals surface area contributed by atoms with E-state index in [1.165, 1.54) is 14.0 Å². The van der Waals surface area contributed by atoms with Crippen molar-refractivity contribution in [3.05, 3.63) is 4.91 Å². The van der Waals surface area contributed by atoms with Gasteiger partial charge in [-0.3, -0.25) is 4.79 Å². The lowest BCUT2D eigenvalue weighted by atomic mass is 10.6. The van der Waals surface area contributed by atoms with Gasteiger partial charge in [0.2, 0.25) is 5.91 Å². The third kappa shape index (κ3) is 3.13. The zero-order chi connectivity index (χ0) is 7.98.